The van der Waals surface area contributed by atoms with Gasteiger partial charge in [0.2, 0.25) is 0 Å². The number of anilines is 1. The van der Waals surface area contributed by atoms with Gasteiger partial charge in [0.25, 0.3) is 5.91 Å². The van der Waals surface area contributed by atoms with Gasteiger partial charge in [-0.2, -0.15) is 13.2 Å². The second-order valence-electron chi connectivity index (χ2n) is 3.55. The Labute approximate surface area is 108 Å². The molecule has 1 saturated heterocycles. The maximum atomic E-state index is 12.7. The number of hydrogen-bond acceptors (Lipinski definition) is 2. The molecule has 0 unspecified atom stereocenters. The van der Waals surface area contributed by atoms with Crippen molar-refractivity contribution < 1.29 is 22.8 Å². The highest BCUT2D eigenvalue weighted by Gasteiger charge is 2.36. The number of nitrogens with one attached hydrogen (secondary N) is 1. The van der Waals surface area contributed by atoms with Crippen molar-refractivity contribution in [1.29, 1.82) is 0 Å². The second-order valence-corrected chi connectivity index (χ2v) is 4.40. The van der Waals surface area contributed by atoms with Gasteiger partial charge in [-0.25, -0.2) is 9.69 Å². The minimum absolute atomic E-state index is 0.106. The van der Waals surface area contributed by atoms with E-state index in [1.807, 2.05) is 0 Å². The fourth-order valence-electron chi connectivity index (χ4n) is 1.55. The number of carbonyl (C=O) groups excluding carboxylic acids is 2. The molecule has 1 aromatic carbocycles. The van der Waals surface area contributed by atoms with E-state index in [0.29, 0.717) is 4.90 Å². The van der Waals surface area contributed by atoms with Gasteiger partial charge in [-0.3, -0.25) is 4.79 Å². The summed E-state index contributed by atoms with van der Waals surface area (Å²) in [6, 6.07) is 2.45. The standard InChI is InChI=1S/C10H6BrF3N2O2/c11-7-2-1-5(3-6(7)10(12,13)14)16-8(17)4-15-9(16)18/h1-3H,4H2,(H,15,18). The average molecular weight is 323 g/mol. The van der Waals surface area contributed by atoms with E-state index < -0.39 is 23.7 Å². The van der Waals surface area contributed by atoms with Crippen molar-refractivity contribution in [3.8, 4) is 0 Å². The smallest absolute Gasteiger partial charge is 0.328 e. The molecule has 0 spiro atoms. The Kier molecular flexibility index (Phi) is 3.05. The van der Waals surface area contributed by atoms with Crippen LogP contribution in [0.4, 0.5) is 23.7 Å². The highest BCUT2D eigenvalue weighted by molar-refractivity contribution is 9.10. The predicted molar refractivity (Wildman–Crippen MR) is 60.0 cm³/mol. The molecule has 1 aromatic rings. The maximum absolute atomic E-state index is 12.7. The first kappa shape index (κ1) is 12.9. The first-order valence-corrected chi connectivity index (χ1v) is 5.57. The number of urea groups is 1. The summed E-state index contributed by atoms with van der Waals surface area (Å²) in [5.41, 5.74) is -1.04. The van der Waals surface area contributed by atoms with E-state index in [1.54, 1.807) is 0 Å². The number of hydrogen-bond donors (Lipinski definition) is 1. The van der Waals surface area contributed by atoms with Crippen molar-refractivity contribution in [3.05, 3.63) is 28.2 Å². The molecule has 0 bridgehead atoms. The van der Waals surface area contributed by atoms with Crippen LogP contribution in [0.1, 0.15) is 5.56 Å². The predicted octanol–water partition coefficient (Wildman–Crippen LogP) is 2.52. The number of carbonyl (C=O) groups is 2. The van der Waals surface area contributed by atoms with Crippen molar-refractivity contribution in [1.82, 2.24) is 5.32 Å². The van der Waals surface area contributed by atoms with Crippen LogP contribution in [0.2, 0.25) is 0 Å². The summed E-state index contributed by atoms with van der Waals surface area (Å²) in [7, 11) is 0. The Hall–Kier alpha value is -1.57. The lowest BCUT2D eigenvalue weighted by Gasteiger charge is -2.16. The number of benzene rings is 1. The Morgan fingerprint density at radius 2 is 1.94 bits per heavy atom. The molecule has 1 aliphatic heterocycles. The molecular weight excluding hydrogens is 317 g/mol. The van der Waals surface area contributed by atoms with E-state index >= 15 is 0 Å². The monoisotopic (exact) mass is 322 g/mol. The molecule has 18 heavy (non-hydrogen) atoms. The van der Waals surface area contributed by atoms with Crippen molar-refractivity contribution in [2.45, 2.75) is 6.18 Å². The van der Waals surface area contributed by atoms with Crippen LogP contribution in [0.3, 0.4) is 0 Å². The minimum atomic E-state index is -4.56. The summed E-state index contributed by atoms with van der Waals surface area (Å²) in [5.74, 6) is -0.588. The molecule has 0 radical (unpaired) electrons. The molecule has 1 aliphatic rings. The molecule has 1 N–H and O–H groups in total. The summed E-state index contributed by atoms with van der Waals surface area (Å²) < 4.78 is 37.9. The van der Waals surface area contributed by atoms with Crippen LogP contribution in [0.15, 0.2) is 22.7 Å². The van der Waals surface area contributed by atoms with Gasteiger partial charge in [-0.05, 0) is 18.2 Å². The zero-order chi connectivity index (χ0) is 13.5. The maximum Gasteiger partial charge on any atom is 0.417 e. The molecular formula is C10H6BrF3N2O2. The Morgan fingerprint density at radius 3 is 2.44 bits per heavy atom. The second kappa shape index (κ2) is 4.27. The lowest BCUT2D eigenvalue weighted by molar-refractivity contribution is -0.138. The van der Waals surface area contributed by atoms with Gasteiger partial charge in [0.15, 0.2) is 0 Å². The number of alkyl halides is 3. The molecule has 0 aromatic heterocycles. The summed E-state index contributed by atoms with van der Waals surface area (Å²) in [6.07, 6.45) is -4.56. The van der Waals surface area contributed by atoms with Crippen molar-refractivity contribution in [2.75, 3.05) is 11.4 Å². The molecule has 8 heteroatoms. The SMILES string of the molecule is O=C1CNC(=O)N1c1ccc(Br)c(C(F)(F)F)c1. The molecule has 2 rings (SSSR count). The van der Waals surface area contributed by atoms with Crippen LogP contribution in [0.25, 0.3) is 0 Å². The quantitative estimate of drug-likeness (QED) is 0.808. The lowest BCUT2D eigenvalue weighted by Crippen LogP contribution is -2.30. The highest BCUT2D eigenvalue weighted by atomic mass is 79.9. The molecule has 0 saturated carbocycles. The Bertz CT molecular complexity index is 514. The van der Waals surface area contributed by atoms with Crippen LogP contribution in [0.5, 0.6) is 0 Å². The Morgan fingerprint density at radius 1 is 1.28 bits per heavy atom. The van der Waals surface area contributed by atoms with E-state index in [9.17, 15) is 22.8 Å². The lowest BCUT2D eigenvalue weighted by atomic mass is 10.2. The van der Waals surface area contributed by atoms with Gasteiger partial charge in [0.05, 0.1) is 17.8 Å². The van der Waals surface area contributed by atoms with E-state index in [2.05, 4.69) is 21.2 Å². The molecule has 0 atom stereocenters. The largest absolute Gasteiger partial charge is 0.417 e. The van der Waals surface area contributed by atoms with Gasteiger partial charge < -0.3 is 5.32 Å². The molecule has 3 amide bonds. The topological polar surface area (TPSA) is 49.4 Å². The Balaban J connectivity index is 2.48. The van der Waals surface area contributed by atoms with Gasteiger partial charge >= 0.3 is 12.2 Å². The van der Waals surface area contributed by atoms with Crippen LogP contribution < -0.4 is 10.2 Å². The molecule has 1 fully saturated rings. The third kappa shape index (κ3) is 2.20. The third-order valence-electron chi connectivity index (χ3n) is 2.36. The third-order valence-corrected chi connectivity index (χ3v) is 3.05. The van der Waals surface area contributed by atoms with Crippen molar-refractivity contribution in [2.24, 2.45) is 0 Å². The number of imide groups is 1. The first-order valence-electron chi connectivity index (χ1n) is 4.78. The van der Waals surface area contributed by atoms with Crippen molar-refractivity contribution in [3.63, 3.8) is 0 Å². The van der Waals surface area contributed by atoms with Gasteiger partial charge in [0, 0.05) is 4.47 Å². The van der Waals surface area contributed by atoms with Gasteiger partial charge in [-0.15, -0.1) is 0 Å². The van der Waals surface area contributed by atoms with E-state index in [4.69, 9.17) is 0 Å². The molecule has 4 nitrogen and oxygen atoms in total. The molecule has 0 aliphatic carbocycles. The number of nitrogens with zero attached hydrogens (tertiary/aromatic N) is 1. The first-order chi connectivity index (χ1) is 8.30. The highest BCUT2D eigenvalue weighted by Crippen LogP contribution is 2.37. The number of halogens is 4. The summed E-state index contributed by atoms with van der Waals surface area (Å²) in [4.78, 5) is 23.4. The van der Waals surface area contributed by atoms with E-state index in [0.717, 1.165) is 12.1 Å². The van der Waals surface area contributed by atoms with Crippen LogP contribution >= 0.6 is 15.9 Å². The van der Waals surface area contributed by atoms with Crippen LogP contribution in [-0.4, -0.2) is 18.5 Å². The number of rotatable bonds is 1. The van der Waals surface area contributed by atoms with Crippen molar-refractivity contribution >= 4 is 33.6 Å². The summed E-state index contributed by atoms with van der Waals surface area (Å²) >= 11 is 2.78. The summed E-state index contributed by atoms with van der Waals surface area (Å²) in [6.45, 7) is -0.212. The fourth-order valence-corrected chi connectivity index (χ4v) is 2.02. The fraction of sp³-hybridized carbons (Fsp3) is 0.200. The van der Waals surface area contributed by atoms with Crippen LogP contribution in [0, 0.1) is 0 Å². The van der Waals surface area contributed by atoms with Gasteiger partial charge in [0.1, 0.15) is 0 Å². The molecule has 1 heterocycles. The molecule has 96 valence electrons. The normalized spacial score (nSPS) is 16.1. The zero-order valence-corrected chi connectivity index (χ0v) is 10.3. The number of amides is 3. The minimum Gasteiger partial charge on any atom is -0.328 e. The van der Waals surface area contributed by atoms with Gasteiger partial charge in [-0.1, -0.05) is 15.9 Å². The average Bonchev–Trinajstić information content (AvgIpc) is 2.58. The van der Waals surface area contributed by atoms with Crippen LogP contribution in [-0.2, 0) is 11.0 Å². The van der Waals surface area contributed by atoms with E-state index in [-0.39, 0.29) is 16.7 Å². The van der Waals surface area contributed by atoms with E-state index in [1.165, 1.54) is 6.07 Å². The summed E-state index contributed by atoms with van der Waals surface area (Å²) in [5, 5.41) is 2.24. The zero-order valence-electron chi connectivity index (χ0n) is 8.71.